The number of benzene rings is 1. The zero-order chi connectivity index (χ0) is 11.8. The van der Waals surface area contributed by atoms with E-state index in [2.05, 4.69) is 11.0 Å². The lowest BCUT2D eigenvalue weighted by Gasteiger charge is -2.18. The number of fused-ring (bicyclic) bond motifs is 1. The lowest BCUT2D eigenvalue weighted by atomic mass is 9.98. The molecule has 0 spiro atoms. The second-order valence-electron chi connectivity index (χ2n) is 5.53. The Balaban J connectivity index is 0.00000120. The van der Waals surface area contributed by atoms with Gasteiger partial charge in [-0.05, 0) is 42.4 Å². The normalized spacial score (nSPS) is 31.1. The van der Waals surface area contributed by atoms with Crippen molar-refractivity contribution < 1.29 is 5.11 Å². The average Bonchev–Trinajstić information content (AvgIpc) is 2.82. The van der Waals surface area contributed by atoms with Gasteiger partial charge in [-0.1, -0.05) is 12.1 Å². The summed E-state index contributed by atoms with van der Waals surface area (Å²) in [5, 5.41) is 9.45. The van der Waals surface area contributed by atoms with E-state index in [-0.39, 0.29) is 12.4 Å². The molecule has 1 aliphatic heterocycles. The monoisotopic (exact) mass is 268 g/mol. The maximum atomic E-state index is 9.45. The first-order valence-electron chi connectivity index (χ1n) is 6.48. The summed E-state index contributed by atoms with van der Waals surface area (Å²) in [6.45, 7) is 3.24. The van der Waals surface area contributed by atoms with Crippen LogP contribution < -0.4 is 5.73 Å². The highest BCUT2D eigenvalue weighted by Crippen LogP contribution is 2.37. The van der Waals surface area contributed by atoms with Gasteiger partial charge in [-0.15, -0.1) is 12.4 Å². The summed E-state index contributed by atoms with van der Waals surface area (Å²) >= 11 is 0. The lowest BCUT2D eigenvalue weighted by Crippen LogP contribution is -2.30. The Kier molecular flexibility index (Phi) is 4.15. The second-order valence-corrected chi connectivity index (χ2v) is 5.53. The minimum Gasteiger partial charge on any atom is -0.508 e. The van der Waals surface area contributed by atoms with Gasteiger partial charge < -0.3 is 10.8 Å². The fourth-order valence-electron chi connectivity index (χ4n) is 3.44. The Morgan fingerprint density at radius 1 is 1.28 bits per heavy atom. The van der Waals surface area contributed by atoms with Crippen LogP contribution in [0.1, 0.15) is 18.4 Å². The molecular weight excluding hydrogens is 248 g/mol. The quantitative estimate of drug-likeness (QED) is 0.862. The smallest absolute Gasteiger partial charge is 0.115 e. The maximum Gasteiger partial charge on any atom is 0.115 e. The molecule has 18 heavy (non-hydrogen) atoms. The van der Waals surface area contributed by atoms with Crippen LogP contribution in [0, 0.1) is 11.8 Å². The third kappa shape index (κ3) is 2.63. The van der Waals surface area contributed by atoms with E-state index in [9.17, 15) is 5.11 Å². The van der Waals surface area contributed by atoms with Crippen molar-refractivity contribution in [1.82, 2.24) is 4.90 Å². The molecular formula is C14H21ClN2O. The van der Waals surface area contributed by atoms with Crippen LogP contribution in [-0.4, -0.2) is 29.1 Å². The number of phenolic OH excluding ortho intramolecular Hbond substituents is 1. The topological polar surface area (TPSA) is 49.5 Å². The van der Waals surface area contributed by atoms with Crippen LogP contribution in [0.15, 0.2) is 24.3 Å². The fraction of sp³-hybridized carbons (Fsp3) is 0.571. The van der Waals surface area contributed by atoms with Crippen LogP contribution >= 0.6 is 12.4 Å². The Labute approximate surface area is 114 Å². The van der Waals surface area contributed by atoms with Gasteiger partial charge in [0, 0.05) is 25.7 Å². The Morgan fingerprint density at radius 3 is 2.83 bits per heavy atom. The van der Waals surface area contributed by atoms with E-state index >= 15 is 0 Å². The zero-order valence-electron chi connectivity index (χ0n) is 10.5. The van der Waals surface area contributed by atoms with Gasteiger partial charge >= 0.3 is 0 Å². The predicted octanol–water partition coefficient (Wildman–Crippen LogP) is 1.98. The summed E-state index contributed by atoms with van der Waals surface area (Å²) in [5.41, 5.74) is 7.33. The van der Waals surface area contributed by atoms with Gasteiger partial charge in [0.2, 0.25) is 0 Å². The summed E-state index contributed by atoms with van der Waals surface area (Å²) in [5.74, 6) is 1.87. The summed E-state index contributed by atoms with van der Waals surface area (Å²) in [7, 11) is 0. The number of halogens is 1. The molecule has 0 aromatic heterocycles. The highest BCUT2D eigenvalue weighted by atomic mass is 35.5. The highest BCUT2D eigenvalue weighted by Gasteiger charge is 2.40. The van der Waals surface area contributed by atoms with E-state index in [4.69, 9.17) is 5.73 Å². The molecule has 1 saturated heterocycles. The van der Waals surface area contributed by atoms with E-state index in [1.807, 2.05) is 12.1 Å². The molecule has 1 aliphatic carbocycles. The van der Waals surface area contributed by atoms with Crippen molar-refractivity contribution in [2.75, 3.05) is 13.1 Å². The molecule has 100 valence electrons. The molecule has 4 heteroatoms. The first-order chi connectivity index (χ1) is 8.22. The summed E-state index contributed by atoms with van der Waals surface area (Å²) in [4.78, 5) is 2.48. The van der Waals surface area contributed by atoms with Gasteiger partial charge in [0.1, 0.15) is 5.75 Å². The van der Waals surface area contributed by atoms with Crippen LogP contribution in [0.5, 0.6) is 5.75 Å². The minimum absolute atomic E-state index is 0. The molecule has 3 rings (SSSR count). The number of rotatable bonds is 2. The van der Waals surface area contributed by atoms with Crippen molar-refractivity contribution in [2.45, 2.75) is 25.4 Å². The first kappa shape index (κ1) is 13.7. The molecule has 1 saturated carbocycles. The maximum absolute atomic E-state index is 9.45. The molecule has 0 radical (unpaired) electrons. The van der Waals surface area contributed by atoms with Crippen molar-refractivity contribution in [3.8, 4) is 5.75 Å². The molecule has 1 aromatic carbocycles. The van der Waals surface area contributed by atoms with Crippen LogP contribution in [0.3, 0.4) is 0 Å². The minimum atomic E-state index is 0. The van der Waals surface area contributed by atoms with Crippen molar-refractivity contribution >= 4 is 12.4 Å². The third-order valence-corrected chi connectivity index (χ3v) is 4.30. The van der Waals surface area contributed by atoms with Crippen LogP contribution in [-0.2, 0) is 6.54 Å². The van der Waals surface area contributed by atoms with E-state index in [0.29, 0.717) is 17.7 Å². The van der Waals surface area contributed by atoms with Gasteiger partial charge in [0.05, 0.1) is 0 Å². The number of hydrogen-bond donors (Lipinski definition) is 2. The van der Waals surface area contributed by atoms with Crippen LogP contribution in [0.25, 0.3) is 0 Å². The molecule has 2 aliphatic rings. The van der Waals surface area contributed by atoms with E-state index in [0.717, 1.165) is 19.0 Å². The van der Waals surface area contributed by atoms with Crippen LogP contribution in [0.2, 0.25) is 0 Å². The van der Waals surface area contributed by atoms with E-state index in [1.165, 1.54) is 24.9 Å². The van der Waals surface area contributed by atoms with Gasteiger partial charge in [0.15, 0.2) is 0 Å². The average molecular weight is 269 g/mol. The summed E-state index contributed by atoms with van der Waals surface area (Å²) in [6, 6.07) is 7.97. The van der Waals surface area contributed by atoms with E-state index < -0.39 is 0 Å². The van der Waals surface area contributed by atoms with Gasteiger partial charge in [0.25, 0.3) is 0 Å². The van der Waals surface area contributed by atoms with Gasteiger partial charge in [-0.25, -0.2) is 0 Å². The van der Waals surface area contributed by atoms with E-state index in [1.54, 1.807) is 6.07 Å². The predicted molar refractivity (Wildman–Crippen MR) is 74.8 cm³/mol. The van der Waals surface area contributed by atoms with Gasteiger partial charge in [-0.2, -0.15) is 0 Å². The molecule has 3 unspecified atom stereocenters. The van der Waals surface area contributed by atoms with Crippen molar-refractivity contribution in [3.05, 3.63) is 29.8 Å². The summed E-state index contributed by atoms with van der Waals surface area (Å²) < 4.78 is 0. The molecule has 1 heterocycles. The fourth-order valence-corrected chi connectivity index (χ4v) is 3.44. The molecule has 0 amide bonds. The van der Waals surface area contributed by atoms with Crippen LogP contribution in [0.4, 0.5) is 0 Å². The number of likely N-dealkylation sites (tertiary alicyclic amines) is 1. The molecule has 2 fully saturated rings. The number of aromatic hydroxyl groups is 1. The first-order valence-corrected chi connectivity index (χ1v) is 6.48. The number of hydrogen-bond acceptors (Lipinski definition) is 3. The standard InChI is InChI=1S/C14H20N2O.ClH/c15-14-5-4-11-8-16(9-13(11)14)7-10-2-1-3-12(17)6-10;/h1-3,6,11,13-14,17H,4-5,7-9,15H2;1H. The number of nitrogens with two attached hydrogens (primary N) is 1. The molecule has 3 atom stereocenters. The molecule has 0 bridgehead atoms. The largest absolute Gasteiger partial charge is 0.508 e. The number of nitrogens with zero attached hydrogens (tertiary/aromatic N) is 1. The SMILES string of the molecule is Cl.NC1CCC2CN(Cc3cccc(O)c3)CC12. The summed E-state index contributed by atoms with van der Waals surface area (Å²) in [6.07, 6.45) is 2.50. The molecule has 3 nitrogen and oxygen atoms in total. The lowest BCUT2D eigenvalue weighted by molar-refractivity contribution is 0.298. The van der Waals surface area contributed by atoms with Crippen molar-refractivity contribution in [2.24, 2.45) is 17.6 Å². The third-order valence-electron chi connectivity index (χ3n) is 4.30. The molecule has 3 N–H and O–H groups in total. The zero-order valence-corrected chi connectivity index (χ0v) is 11.3. The molecule has 1 aromatic rings. The van der Waals surface area contributed by atoms with Crippen molar-refractivity contribution in [3.63, 3.8) is 0 Å². The number of phenols is 1. The Hall–Kier alpha value is -0.770. The highest BCUT2D eigenvalue weighted by molar-refractivity contribution is 5.85. The second kappa shape index (κ2) is 5.47. The van der Waals surface area contributed by atoms with Gasteiger partial charge in [-0.3, -0.25) is 4.90 Å². The Bertz CT molecular complexity index is 413. The van der Waals surface area contributed by atoms with Crippen molar-refractivity contribution in [1.29, 1.82) is 0 Å². The Morgan fingerprint density at radius 2 is 2.11 bits per heavy atom.